The van der Waals surface area contributed by atoms with E-state index in [4.69, 9.17) is 16.3 Å². The summed E-state index contributed by atoms with van der Waals surface area (Å²) in [7, 11) is 1.36. The number of hydrogen-bond donors (Lipinski definition) is 1. The Kier molecular flexibility index (Phi) is 4.36. The first-order chi connectivity index (χ1) is 13.0. The van der Waals surface area contributed by atoms with Crippen LogP contribution in [0.15, 0.2) is 48.6 Å². The van der Waals surface area contributed by atoms with Gasteiger partial charge < -0.3 is 10.1 Å². The number of nitrogens with one attached hydrogen (secondary N) is 1. The number of nitro benzene ring substituents is 1. The first kappa shape index (κ1) is 17.5. The van der Waals surface area contributed by atoms with Crippen molar-refractivity contribution in [3.8, 4) is 0 Å². The van der Waals surface area contributed by atoms with E-state index < -0.39 is 4.92 Å². The number of allylic oxidation sites excluding steroid dienone is 2. The van der Waals surface area contributed by atoms with E-state index in [2.05, 4.69) is 17.5 Å². The maximum Gasteiger partial charge on any atom is 0.337 e. The van der Waals surface area contributed by atoms with Gasteiger partial charge in [0, 0.05) is 34.3 Å². The van der Waals surface area contributed by atoms with Crippen molar-refractivity contribution >= 4 is 28.9 Å². The number of carbonyl (C=O) groups is 1. The molecule has 0 radical (unpaired) electrons. The Balaban J connectivity index is 1.78. The van der Waals surface area contributed by atoms with Crippen LogP contribution in [-0.2, 0) is 4.74 Å². The molecule has 1 N–H and O–H groups in total. The van der Waals surface area contributed by atoms with Crippen molar-refractivity contribution in [2.75, 3.05) is 12.4 Å². The van der Waals surface area contributed by atoms with E-state index in [1.807, 2.05) is 12.1 Å². The predicted octanol–water partition coefficient (Wildman–Crippen LogP) is 4.86. The van der Waals surface area contributed by atoms with Gasteiger partial charge in [0.2, 0.25) is 0 Å². The van der Waals surface area contributed by atoms with E-state index in [-0.39, 0.29) is 29.5 Å². The highest BCUT2D eigenvalue weighted by atomic mass is 35.5. The van der Waals surface area contributed by atoms with Crippen molar-refractivity contribution in [3.63, 3.8) is 0 Å². The molecule has 0 saturated carbocycles. The highest BCUT2D eigenvalue weighted by Gasteiger charge is 2.39. The van der Waals surface area contributed by atoms with Crippen molar-refractivity contribution in [2.24, 2.45) is 5.92 Å². The van der Waals surface area contributed by atoms with Crippen LogP contribution < -0.4 is 5.32 Å². The number of carbonyl (C=O) groups excluding carboxylic acids is 1. The smallest absolute Gasteiger partial charge is 0.337 e. The molecule has 4 rings (SSSR count). The molecule has 0 aromatic heterocycles. The summed E-state index contributed by atoms with van der Waals surface area (Å²) in [5, 5.41) is 15.2. The quantitative estimate of drug-likeness (QED) is 0.353. The summed E-state index contributed by atoms with van der Waals surface area (Å²) < 4.78 is 4.82. The summed E-state index contributed by atoms with van der Waals surface area (Å²) in [4.78, 5) is 22.7. The minimum Gasteiger partial charge on any atom is -0.465 e. The van der Waals surface area contributed by atoms with Gasteiger partial charge in [0.05, 0.1) is 23.6 Å². The minimum absolute atomic E-state index is 0.0190. The number of halogens is 1. The molecule has 1 heterocycles. The summed E-state index contributed by atoms with van der Waals surface area (Å²) >= 11 is 6.39. The lowest BCUT2D eigenvalue weighted by Gasteiger charge is -2.38. The highest BCUT2D eigenvalue weighted by molar-refractivity contribution is 6.31. The van der Waals surface area contributed by atoms with Crippen LogP contribution in [0.25, 0.3) is 0 Å². The van der Waals surface area contributed by atoms with Gasteiger partial charge in [-0.2, -0.15) is 0 Å². The summed E-state index contributed by atoms with van der Waals surface area (Å²) in [5.74, 6) is -0.115. The number of esters is 1. The van der Waals surface area contributed by atoms with Crippen LogP contribution in [0.4, 0.5) is 11.4 Å². The first-order valence-corrected chi connectivity index (χ1v) is 8.96. The molecule has 0 bridgehead atoms. The third-order valence-corrected chi connectivity index (χ3v) is 5.65. The maximum atomic E-state index is 11.9. The fourth-order valence-corrected chi connectivity index (χ4v) is 4.27. The molecule has 2 aromatic carbocycles. The largest absolute Gasteiger partial charge is 0.465 e. The van der Waals surface area contributed by atoms with Crippen LogP contribution in [0.1, 0.15) is 39.9 Å². The first-order valence-electron chi connectivity index (χ1n) is 8.59. The van der Waals surface area contributed by atoms with E-state index >= 15 is 0 Å². The van der Waals surface area contributed by atoms with Crippen molar-refractivity contribution in [2.45, 2.75) is 18.4 Å². The fraction of sp³-hybridized carbons (Fsp3) is 0.250. The van der Waals surface area contributed by atoms with Gasteiger partial charge in [-0.05, 0) is 42.2 Å². The number of non-ortho nitro benzene ring substituents is 1. The van der Waals surface area contributed by atoms with Gasteiger partial charge in [0.25, 0.3) is 5.69 Å². The molecular formula is C20H17ClN2O4. The molecule has 3 atom stereocenters. The lowest BCUT2D eigenvalue weighted by atomic mass is 9.76. The number of fused-ring (bicyclic) bond motifs is 3. The zero-order chi connectivity index (χ0) is 19.1. The third kappa shape index (κ3) is 2.96. The molecule has 138 valence electrons. The van der Waals surface area contributed by atoms with Crippen LogP contribution in [0.5, 0.6) is 0 Å². The molecule has 2 aliphatic rings. The SMILES string of the molecule is COC(=O)c1ccc2c(c1)[C@@H]1C=CC[C@H]1[C@@H](c1cc([N+](=O)[O-])ccc1Cl)N2. The Hall–Kier alpha value is -2.86. The van der Waals surface area contributed by atoms with Crippen molar-refractivity contribution in [1.29, 1.82) is 0 Å². The van der Waals surface area contributed by atoms with Gasteiger partial charge >= 0.3 is 5.97 Å². The number of hydrogen-bond acceptors (Lipinski definition) is 5. The number of anilines is 1. The van der Waals surface area contributed by atoms with E-state index in [9.17, 15) is 14.9 Å². The van der Waals surface area contributed by atoms with Gasteiger partial charge in [-0.3, -0.25) is 10.1 Å². The molecule has 6 nitrogen and oxygen atoms in total. The summed E-state index contributed by atoms with van der Waals surface area (Å²) in [6.07, 6.45) is 5.06. The zero-order valence-corrected chi connectivity index (χ0v) is 15.3. The number of ether oxygens (including phenoxy) is 1. The van der Waals surface area contributed by atoms with Crippen LogP contribution in [-0.4, -0.2) is 18.0 Å². The van der Waals surface area contributed by atoms with Crippen LogP contribution in [0.3, 0.4) is 0 Å². The van der Waals surface area contributed by atoms with Gasteiger partial charge in [-0.25, -0.2) is 4.79 Å². The molecule has 27 heavy (non-hydrogen) atoms. The van der Waals surface area contributed by atoms with Crippen molar-refractivity contribution in [1.82, 2.24) is 0 Å². The summed E-state index contributed by atoms with van der Waals surface area (Å²) in [5.41, 5.74) is 3.15. The number of benzene rings is 2. The molecule has 0 spiro atoms. The van der Waals surface area contributed by atoms with E-state index in [1.165, 1.54) is 13.2 Å². The van der Waals surface area contributed by atoms with Gasteiger partial charge in [0.1, 0.15) is 0 Å². The zero-order valence-electron chi connectivity index (χ0n) is 14.5. The molecule has 0 fully saturated rings. The second-order valence-corrected chi connectivity index (χ2v) is 7.14. The summed E-state index contributed by atoms with van der Waals surface area (Å²) in [6, 6.07) is 9.79. The molecule has 1 aliphatic heterocycles. The lowest BCUT2D eigenvalue weighted by molar-refractivity contribution is -0.384. The maximum absolute atomic E-state index is 11.9. The van der Waals surface area contributed by atoms with Crippen molar-refractivity contribution < 1.29 is 14.5 Å². The van der Waals surface area contributed by atoms with E-state index in [0.29, 0.717) is 16.1 Å². The minimum atomic E-state index is -0.413. The van der Waals surface area contributed by atoms with Crippen LogP contribution in [0.2, 0.25) is 5.02 Å². The second kappa shape index (κ2) is 6.70. The normalized spacial score (nSPS) is 22.5. The predicted molar refractivity (Wildman–Crippen MR) is 102 cm³/mol. The number of rotatable bonds is 3. The van der Waals surface area contributed by atoms with Crippen molar-refractivity contribution in [3.05, 3.63) is 80.4 Å². The molecule has 2 aromatic rings. The molecular weight excluding hydrogens is 368 g/mol. The van der Waals surface area contributed by atoms with E-state index in [0.717, 1.165) is 17.7 Å². The van der Waals surface area contributed by atoms with Gasteiger partial charge in [0.15, 0.2) is 0 Å². The molecule has 7 heteroatoms. The average Bonchev–Trinajstić information content (AvgIpc) is 3.17. The third-order valence-electron chi connectivity index (χ3n) is 5.31. The second-order valence-electron chi connectivity index (χ2n) is 6.73. The van der Waals surface area contributed by atoms with Gasteiger partial charge in [-0.1, -0.05) is 23.8 Å². The Bertz CT molecular complexity index is 972. The monoisotopic (exact) mass is 384 g/mol. The highest BCUT2D eigenvalue weighted by Crippen LogP contribution is 2.51. The van der Waals surface area contributed by atoms with Gasteiger partial charge in [-0.15, -0.1) is 0 Å². The number of nitrogens with zero attached hydrogens (tertiary/aromatic N) is 1. The molecule has 1 aliphatic carbocycles. The fourth-order valence-electron chi connectivity index (χ4n) is 4.03. The Morgan fingerprint density at radius 2 is 2.07 bits per heavy atom. The molecule has 0 unspecified atom stereocenters. The standard InChI is InChI=1S/C20H17ClN2O4/c1-27-20(24)11-5-8-18-15(9-11)13-3-2-4-14(13)19(22-18)16-10-12(23(25)26)6-7-17(16)21/h2-3,5-10,13-14,19,22H,4H2,1H3/t13-,14-,19+/m1/s1. The lowest BCUT2D eigenvalue weighted by Crippen LogP contribution is -2.29. The molecule has 0 saturated heterocycles. The average molecular weight is 385 g/mol. The Morgan fingerprint density at radius 3 is 2.81 bits per heavy atom. The topological polar surface area (TPSA) is 81.5 Å². The van der Waals surface area contributed by atoms with Crippen LogP contribution >= 0.6 is 11.6 Å². The van der Waals surface area contributed by atoms with E-state index in [1.54, 1.807) is 18.2 Å². The van der Waals surface area contributed by atoms with Crippen LogP contribution in [0, 0.1) is 16.0 Å². The Labute approximate surface area is 160 Å². The summed E-state index contributed by atoms with van der Waals surface area (Å²) in [6.45, 7) is 0. The number of nitro groups is 1. The molecule has 0 amide bonds. The number of methoxy groups -OCH3 is 1. The Morgan fingerprint density at radius 1 is 1.26 bits per heavy atom.